The third-order valence-electron chi connectivity index (χ3n) is 3.08. The van der Waals surface area contributed by atoms with Gasteiger partial charge in [0.1, 0.15) is 6.54 Å². The lowest BCUT2D eigenvalue weighted by molar-refractivity contribution is -0.123. The summed E-state index contributed by atoms with van der Waals surface area (Å²) in [5.41, 5.74) is 7.06. The molecule has 1 fully saturated rings. The number of alkyl halides is 3. The van der Waals surface area contributed by atoms with Crippen LogP contribution in [0.15, 0.2) is 24.3 Å². The van der Waals surface area contributed by atoms with Crippen LogP contribution < -0.4 is 11.1 Å². The Morgan fingerprint density at radius 1 is 1.35 bits per heavy atom. The molecule has 3 N–H and O–H groups in total. The summed E-state index contributed by atoms with van der Waals surface area (Å²) in [6, 6.07) is 6.32. The molecule has 0 radical (unpaired) electrons. The van der Waals surface area contributed by atoms with Gasteiger partial charge in [-0.15, -0.1) is 0 Å². The molecule has 0 atom stereocenters. The number of hydrogen-bond donors (Lipinski definition) is 2. The lowest BCUT2D eigenvalue weighted by atomic mass is 10.1. The lowest BCUT2D eigenvalue weighted by Crippen LogP contribution is -2.44. The molecule has 20 heavy (non-hydrogen) atoms. The molecule has 1 aromatic carbocycles. The van der Waals surface area contributed by atoms with E-state index in [-0.39, 0.29) is 12.6 Å². The zero-order chi connectivity index (χ0) is 14.8. The molecule has 110 valence electrons. The van der Waals surface area contributed by atoms with Gasteiger partial charge in [0.25, 0.3) is 0 Å². The number of rotatable bonds is 4. The van der Waals surface area contributed by atoms with Gasteiger partial charge in [0.05, 0.1) is 0 Å². The SMILES string of the molecule is Nc1ccccc1CN(C(=O)NCC(F)(F)F)C1CC1. The van der Waals surface area contributed by atoms with E-state index in [2.05, 4.69) is 0 Å². The van der Waals surface area contributed by atoms with Gasteiger partial charge in [0.15, 0.2) is 0 Å². The number of hydrogen-bond acceptors (Lipinski definition) is 2. The van der Waals surface area contributed by atoms with E-state index in [0.717, 1.165) is 18.4 Å². The van der Waals surface area contributed by atoms with E-state index in [9.17, 15) is 18.0 Å². The van der Waals surface area contributed by atoms with Crippen LogP contribution in [-0.2, 0) is 6.54 Å². The summed E-state index contributed by atoms with van der Waals surface area (Å²) in [7, 11) is 0. The van der Waals surface area contributed by atoms with Crippen molar-refractivity contribution in [3.63, 3.8) is 0 Å². The number of benzene rings is 1. The van der Waals surface area contributed by atoms with Crippen LogP contribution >= 0.6 is 0 Å². The van der Waals surface area contributed by atoms with Crippen molar-refractivity contribution in [2.75, 3.05) is 12.3 Å². The Bertz CT molecular complexity index is 486. The number of urea groups is 1. The summed E-state index contributed by atoms with van der Waals surface area (Å²) in [5.74, 6) is 0. The topological polar surface area (TPSA) is 58.4 Å². The van der Waals surface area contributed by atoms with Crippen LogP contribution in [-0.4, -0.2) is 29.7 Å². The summed E-state index contributed by atoms with van der Waals surface area (Å²) < 4.78 is 36.4. The maximum Gasteiger partial charge on any atom is 0.405 e. The highest BCUT2D eigenvalue weighted by Gasteiger charge is 2.35. The van der Waals surface area contributed by atoms with E-state index in [0.29, 0.717) is 5.69 Å². The number of nitrogens with two attached hydrogens (primary N) is 1. The molecule has 4 nitrogen and oxygen atoms in total. The van der Waals surface area contributed by atoms with Gasteiger partial charge in [-0.05, 0) is 24.5 Å². The Kier molecular flexibility index (Phi) is 4.06. The number of nitrogens with one attached hydrogen (secondary N) is 1. The number of halogens is 3. The molecule has 2 amide bonds. The van der Waals surface area contributed by atoms with E-state index >= 15 is 0 Å². The summed E-state index contributed by atoms with van der Waals surface area (Å²) in [5, 5.41) is 1.90. The lowest BCUT2D eigenvalue weighted by Gasteiger charge is -2.24. The predicted molar refractivity (Wildman–Crippen MR) is 68.9 cm³/mol. The number of nitrogens with zero attached hydrogens (tertiary/aromatic N) is 1. The van der Waals surface area contributed by atoms with Crippen LogP contribution in [0.2, 0.25) is 0 Å². The fraction of sp³-hybridized carbons (Fsp3) is 0.462. The van der Waals surface area contributed by atoms with Crippen LogP contribution in [0.25, 0.3) is 0 Å². The molecule has 1 aliphatic rings. The van der Waals surface area contributed by atoms with E-state index in [1.165, 1.54) is 4.90 Å². The van der Waals surface area contributed by atoms with Crippen molar-refractivity contribution in [3.05, 3.63) is 29.8 Å². The number of amides is 2. The summed E-state index contributed by atoms with van der Waals surface area (Å²) in [6.07, 6.45) is -2.78. The quantitative estimate of drug-likeness (QED) is 0.836. The fourth-order valence-electron chi connectivity index (χ4n) is 1.89. The number of carbonyl (C=O) groups excluding carboxylic acids is 1. The minimum atomic E-state index is -4.41. The summed E-state index contributed by atoms with van der Waals surface area (Å²) >= 11 is 0. The molecule has 0 bridgehead atoms. The van der Waals surface area contributed by atoms with Crippen molar-refractivity contribution in [3.8, 4) is 0 Å². The highest BCUT2D eigenvalue weighted by atomic mass is 19.4. The maximum absolute atomic E-state index is 12.1. The van der Waals surface area contributed by atoms with Crippen LogP contribution in [0.5, 0.6) is 0 Å². The molecule has 1 aromatic rings. The molecule has 0 saturated heterocycles. The van der Waals surface area contributed by atoms with Crippen LogP contribution in [0.3, 0.4) is 0 Å². The molecule has 0 aliphatic heterocycles. The number of anilines is 1. The number of nitrogen functional groups attached to an aromatic ring is 1. The second-order valence-corrected chi connectivity index (χ2v) is 4.83. The van der Waals surface area contributed by atoms with Gasteiger partial charge >= 0.3 is 12.2 Å². The van der Waals surface area contributed by atoms with Crippen molar-refractivity contribution in [2.45, 2.75) is 31.6 Å². The van der Waals surface area contributed by atoms with Crippen molar-refractivity contribution in [1.82, 2.24) is 10.2 Å². The molecule has 1 saturated carbocycles. The van der Waals surface area contributed by atoms with Gasteiger partial charge in [0.2, 0.25) is 0 Å². The predicted octanol–water partition coefficient (Wildman–Crippen LogP) is 2.51. The monoisotopic (exact) mass is 287 g/mol. The summed E-state index contributed by atoms with van der Waals surface area (Å²) in [6.45, 7) is -1.10. The summed E-state index contributed by atoms with van der Waals surface area (Å²) in [4.78, 5) is 13.3. The highest BCUT2D eigenvalue weighted by Crippen LogP contribution is 2.29. The smallest absolute Gasteiger partial charge is 0.398 e. The molecule has 0 aromatic heterocycles. The second-order valence-electron chi connectivity index (χ2n) is 4.83. The zero-order valence-corrected chi connectivity index (χ0v) is 10.8. The Hall–Kier alpha value is -1.92. The van der Waals surface area contributed by atoms with E-state index in [1.807, 2.05) is 5.32 Å². The third-order valence-corrected chi connectivity index (χ3v) is 3.08. The van der Waals surface area contributed by atoms with Crippen molar-refractivity contribution in [2.24, 2.45) is 0 Å². The first-order valence-electron chi connectivity index (χ1n) is 6.31. The van der Waals surface area contributed by atoms with Gasteiger partial charge in [-0.2, -0.15) is 13.2 Å². The molecule has 2 rings (SSSR count). The molecule has 0 spiro atoms. The van der Waals surface area contributed by atoms with Gasteiger partial charge in [-0.25, -0.2) is 4.79 Å². The first-order chi connectivity index (χ1) is 9.37. The number of carbonyl (C=O) groups is 1. The second kappa shape index (κ2) is 5.60. The average Bonchev–Trinajstić information content (AvgIpc) is 3.18. The van der Waals surface area contributed by atoms with Gasteiger partial charge in [-0.3, -0.25) is 0 Å². The Morgan fingerprint density at radius 3 is 2.55 bits per heavy atom. The van der Waals surface area contributed by atoms with E-state index < -0.39 is 18.8 Å². The molecular formula is C13H16F3N3O. The van der Waals surface area contributed by atoms with Crippen molar-refractivity contribution in [1.29, 1.82) is 0 Å². The first kappa shape index (κ1) is 14.5. The molecule has 7 heteroatoms. The van der Waals surface area contributed by atoms with E-state index in [1.54, 1.807) is 24.3 Å². The van der Waals surface area contributed by atoms with Crippen molar-refractivity contribution < 1.29 is 18.0 Å². The van der Waals surface area contributed by atoms with Crippen LogP contribution in [0, 0.1) is 0 Å². The first-order valence-corrected chi connectivity index (χ1v) is 6.31. The Balaban J connectivity index is 2.01. The minimum Gasteiger partial charge on any atom is -0.398 e. The van der Waals surface area contributed by atoms with E-state index in [4.69, 9.17) is 5.73 Å². The largest absolute Gasteiger partial charge is 0.405 e. The van der Waals surface area contributed by atoms with Crippen molar-refractivity contribution >= 4 is 11.7 Å². The Labute approximate surface area is 114 Å². The van der Waals surface area contributed by atoms with Crippen LogP contribution in [0.4, 0.5) is 23.7 Å². The molecule has 1 aliphatic carbocycles. The molecule has 0 unspecified atom stereocenters. The molecular weight excluding hydrogens is 271 g/mol. The normalized spacial score (nSPS) is 14.9. The Morgan fingerprint density at radius 2 is 2.00 bits per heavy atom. The zero-order valence-electron chi connectivity index (χ0n) is 10.8. The maximum atomic E-state index is 12.1. The van der Waals surface area contributed by atoms with Gasteiger partial charge in [-0.1, -0.05) is 18.2 Å². The average molecular weight is 287 g/mol. The van der Waals surface area contributed by atoms with Crippen LogP contribution in [0.1, 0.15) is 18.4 Å². The third kappa shape index (κ3) is 4.04. The standard InChI is InChI=1S/C13H16F3N3O/c14-13(15,16)8-18-12(20)19(10-5-6-10)7-9-3-1-2-4-11(9)17/h1-4,10H,5-8,17H2,(H,18,20). The molecule has 0 heterocycles. The van der Waals surface area contributed by atoms with Gasteiger partial charge in [0, 0.05) is 18.3 Å². The van der Waals surface area contributed by atoms with Gasteiger partial charge < -0.3 is 16.0 Å². The minimum absolute atomic E-state index is 0.00263. The highest BCUT2D eigenvalue weighted by molar-refractivity contribution is 5.75. The number of para-hydroxylation sites is 1. The fourth-order valence-corrected chi connectivity index (χ4v) is 1.89.